The maximum atomic E-state index is 12.3. The van der Waals surface area contributed by atoms with Crippen LogP contribution in [0.4, 0.5) is 5.69 Å². The van der Waals surface area contributed by atoms with Gasteiger partial charge >= 0.3 is 0 Å². The number of nitrogens with zero attached hydrogens (tertiary/aromatic N) is 3. The predicted octanol–water partition coefficient (Wildman–Crippen LogP) is 1.02. The van der Waals surface area contributed by atoms with Crippen LogP contribution < -0.4 is 9.62 Å². The summed E-state index contributed by atoms with van der Waals surface area (Å²) in [6.07, 6.45) is 7.04. The molecular weight excluding hydrogens is 328 g/mol. The van der Waals surface area contributed by atoms with Crippen LogP contribution in [0.2, 0.25) is 0 Å². The summed E-state index contributed by atoms with van der Waals surface area (Å²) in [6.45, 7) is 3.01. The van der Waals surface area contributed by atoms with E-state index in [9.17, 15) is 13.2 Å². The minimum atomic E-state index is -3.31. The average Bonchev–Trinajstić information content (AvgIpc) is 3.11. The van der Waals surface area contributed by atoms with Gasteiger partial charge in [-0.05, 0) is 37.1 Å². The maximum absolute atomic E-state index is 12.3. The Balaban J connectivity index is 1.70. The van der Waals surface area contributed by atoms with E-state index in [1.807, 2.05) is 17.7 Å². The van der Waals surface area contributed by atoms with Crippen LogP contribution in [0.15, 0.2) is 36.9 Å². The summed E-state index contributed by atoms with van der Waals surface area (Å²) in [7, 11) is -3.31. The number of amides is 1. The van der Waals surface area contributed by atoms with Gasteiger partial charge in [0.2, 0.25) is 10.0 Å². The highest BCUT2D eigenvalue weighted by Crippen LogP contribution is 2.34. The van der Waals surface area contributed by atoms with Crippen molar-refractivity contribution in [2.24, 2.45) is 0 Å². The Hall–Kier alpha value is -2.35. The molecule has 3 rings (SSSR count). The number of benzene rings is 1. The molecule has 0 radical (unpaired) electrons. The zero-order valence-electron chi connectivity index (χ0n) is 13.6. The first kappa shape index (κ1) is 16.5. The molecule has 0 saturated heterocycles. The van der Waals surface area contributed by atoms with Gasteiger partial charge in [-0.3, -0.25) is 9.10 Å². The normalized spacial score (nSPS) is 16.9. The summed E-state index contributed by atoms with van der Waals surface area (Å²) in [5.74, 6) is -0.164. The smallest absolute Gasteiger partial charge is 0.251 e. The third-order valence-corrected chi connectivity index (χ3v) is 5.34. The monoisotopic (exact) mass is 348 g/mol. The van der Waals surface area contributed by atoms with E-state index in [1.54, 1.807) is 30.7 Å². The van der Waals surface area contributed by atoms with E-state index in [4.69, 9.17) is 0 Å². The molecule has 0 aliphatic carbocycles. The lowest BCUT2D eigenvalue weighted by atomic mass is 10.1. The van der Waals surface area contributed by atoms with Crippen molar-refractivity contribution in [1.29, 1.82) is 0 Å². The fourth-order valence-electron chi connectivity index (χ4n) is 3.07. The number of hydrogen-bond acceptors (Lipinski definition) is 4. The molecular formula is C16H20N4O3S. The second kappa shape index (κ2) is 6.27. The van der Waals surface area contributed by atoms with Gasteiger partial charge in [-0.2, -0.15) is 0 Å². The number of carbonyl (C=O) groups is 1. The maximum Gasteiger partial charge on any atom is 0.251 e. The van der Waals surface area contributed by atoms with Crippen LogP contribution in [0.25, 0.3) is 0 Å². The fraction of sp³-hybridized carbons (Fsp3) is 0.375. The zero-order valence-corrected chi connectivity index (χ0v) is 14.5. The van der Waals surface area contributed by atoms with E-state index in [0.717, 1.165) is 5.56 Å². The first-order valence-electron chi connectivity index (χ1n) is 7.72. The molecule has 1 amide bonds. The number of hydrogen-bond donors (Lipinski definition) is 1. The van der Waals surface area contributed by atoms with Crippen molar-refractivity contribution in [1.82, 2.24) is 14.9 Å². The molecule has 1 aliphatic rings. The summed E-state index contributed by atoms with van der Waals surface area (Å²) in [6, 6.07) is 5.03. The van der Waals surface area contributed by atoms with Gasteiger partial charge in [0.25, 0.3) is 5.91 Å². The Morgan fingerprint density at radius 3 is 2.88 bits per heavy atom. The van der Waals surface area contributed by atoms with Crippen molar-refractivity contribution in [2.75, 3.05) is 17.1 Å². The van der Waals surface area contributed by atoms with Crippen molar-refractivity contribution in [2.45, 2.75) is 25.9 Å². The molecule has 128 valence electrons. The van der Waals surface area contributed by atoms with E-state index in [0.29, 0.717) is 30.8 Å². The first-order chi connectivity index (χ1) is 11.4. The molecule has 2 aromatic rings. The van der Waals surface area contributed by atoms with Gasteiger partial charge in [0, 0.05) is 37.1 Å². The molecule has 0 unspecified atom stereocenters. The summed E-state index contributed by atoms with van der Waals surface area (Å²) >= 11 is 0. The van der Waals surface area contributed by atoms with Gasteiger partial charge in [-0.1, -0.05) is 0 Å². The van der Waals surface area contributed by atoms with Gasteiger partial charge in [0.1, 0.15) is 0 Å². The SMILES string of the molecule is C[C@@H]1Cc2cc(C(=O)NCCn3ccnc3)ccc2N1S(C)(=O)=O. The van der Waals surface area contributed by atoms with Gasteiger partial charge < -0.3 is 9.88 Å². The lowest BCUT2D eigenvalue weighted by Gasteiger charge is -2.21. The minimum Gasteiger partial charge on any atom is -0.350 e. The van der Waals surface area contributed by atoms with Crippen LogP contribution >= 0.6 is 0 Å². The van der Waals surface area contributed by atoms with Crippen molar-refractivity contribution in [3.05, 3.63) is 48.0 Å². The highest BCUT2D eigenvalue weighted by molar-refractivity contribution is 7.92. The molecule has 1 aliphatic heterocycles. The summed E-state index contributed by atoms with van der Waals surface area (Å²) < 4.78 is 27.1. The zero-order chi connectivity index (χ0) is 17.3. The number of imidazole rings is 1. The molecule has 0 bridgehead atoms. The number of nitrogens with one attached hydrogen (secondary N) is 1. The lowest BCUT2D eigenvalue weighted by molar-refractivity contribution is 0.0952. The van der Waals surface area contributed by atoms with Crippen molar-refractivity contribution < 1.29 is 13.2 Å². The highest BCUT2D eigenvalue weighted by Gasteiger charge is 2.32. The van der Waals surface area contributed by atoms with Crippen LogP contribution in [0.5, 0.6) is 0 Å². The summed E-state index contributed by atoms with van der Waals surface area (Å²) in [5, 5.41) is 2.86. The van der Waals surface area contributed by atoms with E-state index < -0.39 is 10.0 Å². The summed E-state index contributed by atoms with van der Waals surface area (Å²) in [4.78, 5) is 16.2. The van der Waals surface area contributed by atoms with Crippen molar-refractivity contribution in [3.8, 4) is 0 Å². The number of fused-ring (bicyclic) bond motifs is 1. The third-order valence-electron chi connectivity index (χ3n) is 4.07. The van der Waals surface area contributed by atoms with Crippen LogP contribution in [0.3, 0.4) is 0 Å². The number of carbonyl (C=O) groups excluding carboxylic acids is 1. The predicted molar refractivity (Wildman–Crippen MR) is 91.5 cm³/mol. The molecule has 1 aromatic carbocycles. The second-order valence-corrected chi connectivity index (χ2v) is 7.87. The Kier molecular flexibility index (Phi) is 4.31. The minimum absolute atomic E-state index is 0.130. The van der Waals surface area contributed by atoms with Gasteiger partial charge in [-0.25, -0.2) is 13.4 Å². The summed E-state index contributed by atoms with van der Waals surface area (Å²) in [5.41, 5.74) is 2.09. The molecule has 1 aromatic heterocycles. The number of sulfonamides is 1. The molecule has 1 N–H and O–H groups in total. The topological polar surface area (TPSA) is 84.3 Å². The molecule has 0 saturated carbocycles. The average molecular weight is 348 g/mol. The van der Waals surface area contributed by atoms with E-state index in [2.05, 4.69) is 10.3 Å². The van der Waals surface area contributed by atoms with Gasteiger partial charge in [0.15, 0.2) is 0 Å². The highest BCUT2D eigenvalue weighted by atomic mass is 32.2. The number of rotatable bonds is 5. The Bertz CT molecular complexity index is 846. The Labute approximate surface area is 141 Å². The molecule has 2 heterocycles. The van der Waals surface area contributed by atoms with Gasteiger partial charge in [0.05, 0.1) is 18.3 Å². The van der Waals surface area contributed by atoms with Crippen LogP contribution in [0.1, 0.15) is 22.8 Å². The van der Waals surface area contributed by atoms with Crippen LogP contribution in [-0.2, 0) is 23.0 Å². The van der Waals surface area contributed by atoms with E-state index >= 15 is 0 Å². The Morgan fingerprint density at radius 2 is 2.21 bits per heavy atom. The quantitative estimate of drug-likeness (QED) is 0.874. The van der Waals surface area contributed by atoms with Crippen molar-refractivity contribution in [3.63, 3.8) is 0 Å². The molecule has 0 spiro atoms. The lowest BCUT2D eigenvalue weighted by Crippen LogP contribution is -2.34. The fourth-order valence-corrected chi connectivity index (χ4v) is 4.33. The van der Waals surface area contributed by atoms with Crippen molar-refractivity contribution >= 4 is 21.6 Å². The standard InChI is InChI=1S/C16H20N4O3S/c1-12-9-14-10-13(3-4-15(14)20(12)24(2,22)23)16(21)18-6-8-19-7-5-17-11-19/h3-5,7,10-12H,6,8-9H2,1-2H3,(H,18,21)/t12-/m1/s1. The van der Waals surface area contributed by atoms with Gasteiger partial charge in [-0.15, -0.1) is 0 Å². The third kappa shape index (κ3) is 3.28. The number of anilines is 1. The molecule has 1 atom stereocenters. The second-order valence-electron chi connectivity index (χ2n) is 6.01. The Morgan fingerprint density at radius 1 is 1.42 bits per heavy atom. The molecule has 8 heteroatoms. The molecule has 7 nitrogen and oxygen atoms in total. The van der Waals surface area contributed by atoms with Crippen LogP contribution in [-0.4, -0.2) is 42.7 Å². The van der Waals surface area contributed by atoms with E-state index in [-0.39, 0.29) is 11.9 Å². The van der Waals surface area contributed by atoms with E-state index in [1.165, 1.54) is 10.6 Å². The van der Waals surface area contributed by atoms with Crippen LogP contribution in [0, 0.1) is 0 Å². The molecule has 0 fully saturated rings. The first-order valence-corrected chi connectivity index (χ1v) is 9.57. The molecule has 24 heavy (non-hydrogen) atoms. The largest absolute Gasteiger partial charge is 0.350 e. The number of aromatic nitrogens is 2.